The zero-order valence-electron chi connectivity index (χ0n) is 25.7. The van der Waals surface area contributed by atoms with Gasteiger partial charge in [-0.25, -0.2) is 9.20 Å². The highest BCUT2D eigenvalue weighted by atomic mass is 35.5. The first-order chi connectivity index (χ1) is 22.5. The minimum absolute atomic E-state index is 0.0262. The van der Waals surface area contributed by atoms with Gasteiger partial charge in [0, 0.05) is 61.3 Å². The van der Waals surface area contributed by atoms with E-state index in [2.05, 4.69) is 15.5 Å². The van der Waals surface area contributed by atoms with Crippen LogP contribution in [0.15, 0.2) is 65.2 Å². The van der Waals surface area contributed by atoms with E-state index in [1.54, 1.807) is 30.2 Å². The van der Waals surface area contributed by atoms with Crippen LogP contribution in [0.5, 0.6) is 0 Å². The van der Waals surface area contributed by atoms with E-state index in [4.69, 9.17) is 28.9 Å². The molecule has 244 valence electrons. The van der Waals surface area contributed by atoms with Crippen LogP contribution < -0.4 is 16.6 Å². The molecule has 3 heterocycles. The normalized spacial score (nSPS) is 12.4. The van der Waals surface area contributed by atoms with E-state index in [1.807, 2.05) is 49.4 Å². The smallest absolute Gasteiger partial charge is 0.323 e. The number of aliphatic carboxylic acids is 1. The summed E-state index contributed by atoms with van der Waals surface area (Å²) < 4.78 is 4.56. The SMILES string of the molecule is Cc1cc(-c2cccc(-c3cccc(-c4cc5c(=O)n(C)c(CN)cn5n4)c3Cl)c2Cl)nn1/C=C(/CNC(CO)C(=O)O)N(C)C=O. The van der Waals surface area contributed by atoms with E-state index in [1.165, 1.54) is 21.0 Å². The standard InChI is InChI=1S/C32H32Cl2N8O5/c1-18-10-25(37-41(18)15-20(39(2)17-44)13-36-27(16-43)32(46)47)23-8-4-6-21(29(23)33)22-7-5-9-24(30(22)34)26-11-28-31(45)40(3)19(12-35)14-42(28)38-26/h4-11,14-15,17,27,36,43H,12-13,16,35H2,1-3H3,(H,46,47)/b20-15-. The summed E-state index contributed by atoms with van der Waals surface area (Å²) in [5.41, 5.74) is 11.3. The van der Waals surface area contributed by atoms with Crippen LogP contribution >= 0.6 is 23.2 Å². The first-order valence-corrected chi connectivity index (χ1v) is 15.1. The van der Waals surface area contributed by atoms with E-state index in [0.717, 1.165) is 0 Å². The molecule has 2 aromatic carbocycles. The number of hydrogen-bond donors (Lipinski definition) is 4. The summed E-state index contributed by atoms with van der Waals surface area (Å²) >= 11 is 14.0. The van der Waals surface area contributed by atoms with Gasteiger partial charge in [-0.15, -0.1) is 0 Å². The lowest BCUT2D eigenvalue weighted by molar-refractivity contribution is -0.140. The molecule has 0 radical (unpaired) electrons. The van der Waals surface area contributed by atoms with Crippen LogP contribution in [0.25, 0.3) is 45.4 Å². The Hall–Kier alpha value is -4.79. The van der Waals surface area contributed by atoms with E-state index in [9.17, 15) is 24.6 Å². The molecule has 3 aromatic heterocycles. The van der Waals surface area contributed by atoms with Crippen LogP contribution in [0.4, 0.5) is 0 Å². The Morgan fingerprint density at radius 2 is 1.66 bits per heavy atom. The number of aromatic nitrogens is 5. The first-order valence-electron chi connectivity index (χ1n) is 14.4. The molecule has 0 spiro atoms. The number of benzene rings is 2. The Kier molecular flexibility index (Phi) is 9.94. The van der Waals surface area contributed by atoms with Crippen LogP contribution in [0.2, 0.25) is 10.0 Å². The second-order valence-electron chi connectivity index (χ2n) is 10.8. The number of aliphatic hydroxyl groups is 1. The molecule has 0 saturated heterocycles. The number of nitrogens with one attached hydrogen (secondary N) is 1. The van der Waals surface area contributed by atoms with Gasteiger partial charge in [-0.3, -0.25) is 19.7 Å². The van der Waals surface area contributed by atoms with Crippen LogP contribution in [0.1, 0.15) is 11.4 Å². The number of carbonyl (C=O) groups excluding carboxylic acids is 1. The van der Waals surface area contributed by atoms with Gasteiger partial charge in [0.1, 0.15) is 11.6 Å². The molecule has 47 heavy (non-hydrogen) atoms. The van der Waals surface area contributed by atoms with E-state index < -0.39 is 18.6 Å². The number of aryl methyl sites for hydroxylation is 1. The van der Waals surface area contributed by atoms with Gasteiger partial charge in [0.2, 0.25) is 6.41 Å². The molecule has 5 aromatic rings. The number of aliphatic hydroxyl groups excluding tert-OH is 1. The van der Waals surface area contributed by atoms with E-state index >= 15 is 0 Å². The minimum Gasteiger partial charge on any atom is -0.480 e. The predicted molar refractivity (Wildman–Crippen MR) is 180 cm³/mol. The number of nitrogens with zero attached hydrogens (tertiary/aromatic N) is 6. The number of likely N-dealkylation sites (N-methyl/N-ethyl adjacent to an activating group) is 1. The molecule has 1 unspecified atom stereocenters. The molecule has 0 aliphatic rings. The number of carbonyl (C=O) groups is 2. The Morgan fingerprint density at radius 1 is 1.06 bits per heavy atom. The monoisotopic (exact) mass is 678 g/mol. The summed E-state index contributed by atoms with van der Waals surface area (Å²) in [6, 6.07) is 13.3. The summed E-state index contributed by atoms with van der Waals surface area (Å²) in [6.07, 6.45) is 3.89. The van der Waals surface area contributed by atoms with Gasteiger partial charge >= 0.3 is 5.97 Å². The number of carboxylic acid groups (broad SMARTS) is 1. The number of halogens is 2. The van der Waals surface area contributed by atoms with Crippen molar-refractivity contribution >= 4 is 47.3 Å². The highest BCUT2D eigenvalue weighted by Crippen LogP contribution is 2.42. The van der Waals surface area contributed by atoms with Gasteiger partial charge in [-0.1, -0.05) is 59.6 Å². The number of nitrogens with two attached hydrogens (primary N) is 1. The lowest BCUT2D eigenvalue weighted by atomic mass is 9.98. The van der Waals surface area contributed by atoms with Crippen molar-refractivity contribution in [3.05, 3.63) is 92.2 Å². The van der Waals surface area contributed by atoms with Gasteiger partial charge in [0.05, 0.1) is 45.6 Å². The van der Waals surface area contributed by atoms with Crippen molar-refractivity contribution in [1.29, 1.82) is 0 Å². The molecular formula is C32H32Cl2N8O5. The van der Waals surface area contributed by atoms with Crippen LogP contribution in [-0.4, -0.2) is 77.7 Å². The van der Waals surface area contributed by atoms with E-state index in [-0.39, 0.29) is 18.6 Å². The van der Waals surface area contributed by atoms with Gasteiger partial charge in [-0.05, 0) is 19.1 Å². The second-order valence-corrected chi connectivity index (χ2v) is 11.5. The average molecular weight is 680 g/mol. The second kappa shape index (κ2) is 13.9. The first kappa shape index (κ1) is 33.6. The lowest BCUT2D eigenvalue weighted by Crippen LogP contribution is -2.42. The van der Waals surface area contributed by atoms with Gasteiger partial charge in [0.25, 0.3) is 5.56 Å². The molecule has 0 saturated carbocycles. The zero-order chi connectivity index (χ0) is 34.0. The molecule has 1 atom stereocenters. The van der Waals surface area contributed by atoms with Crippen LogP contribution in [-0.2, 0) is 23.2 Å². The van der Waals surface area contributed by atoms with Crippen molar-refractivity contribution in [1.82, 2.24) is 34.2 Å². The topological polar surface area (TPSA) is 173 Å². The van der Waals surface area contributed by atoms with Crippen molar-refractivity contribution in [2.45, 2.75) is 19.5 Å². The van der Waals surface area contributed by atoms with Gasteiger partial charge in [-0.2, -0.15) is 10.2 Å². The molecule has 0 bridgehead atoms. The molecule has 5 rings (SSSR count). The number of carboxylic acids is 1. The fraction of sp³-hybridized carbons (Fsp3) is 0.219. The Balaban J connectivity index is 1.52. The minimum atomic E-state index is -1.22. The zero-order valence-corrected chi connectivity index (χ0v) is 27.2. The molecule has 1 amide bonds. The largest absolute Gasteiger partial charge is 0.480 e. The summed E-state index contributed by atoms with van der Waals surface area (Å²) in [7, 11) is 3.19. The van der Waals surface area contributed by atoms with Crippen molar-refractivity contribution in [3.8, 4) is 33.6 Å². The number of hydrogen-bond acceptors (Lipinski definition) is 8. The van der Waals surface area contributed by atoms with Crippen LogP contribution in [0, 0.1) is 6.92 Å². The highest BCUT2D eigenvalue weighted by molar-refractivity contribution is 6.39. The fourth-order valence-electron chi connectivity index (χ4n) is 5.06. The number of amides is 1. The summed E-state index contributed by atoms with van der Waals surface area (Å²) in [6.45, 7) is 1.36. The average Bonchev–Trinajstić information content (AvgIpc) is 3.65. The fourth-order valence-corrected chi connectivity index (χ4v) is 5.71. The number of rotatable bonds is 12. The number of fused-ring (bicyclic) bond motifs is 1. The molecule has 0 fully saturated rings. The summed E-state index contributed by atoms with van der Waals surface area (Å²) in [5.74, 6) is -1.22. The van der Waals surface area contributed by atoms with Crippen molar-refractivity contribution < 1.29 is 19.8 Å². The van der Waals surface area contributed by atoms with Gasteiger partial charge in [0.15, 0.2) is 0 Å². The molecule has 0 aliphatic carbocycles. The van der Waals surface area contributed by atoms with Crippen molar-refractivity contribution in [2.75, 3.05) is 20.2 Å². The van der Waals surface area contributed by atoms with Gasteiger partial charge < -0.3 is 25.4 Å². The maximum atomic E-state index is 12.9. The Bertz CT molecular complexity index is 2080. The van der Waals surface area contributed by atoms with Crippen molar-refractivity contribution in [2.24, 2.45) is 12.8 Å². The van der Waals surface area contributed by atoms with Crippen molar-refractivity contribution in [3.63, 3.8) is 0 Å². The third-order valence-corrected chi connectivity index (χ3v) is 8.64. The molecule has 0 aliphatic heterocycles. The summed E-state index contributed by atoms with van der Waals surface area (Å²) in [5, 5.41) is 31.4. The third-order valence-electron chi connectivity index (χ3n) is 7.83. The Morgan fingerprint density at radius 3 is 2.21 bits per heavy atom. The third kappa shape index (κ3) is 6.57. The molecule has 5 N–H and O–H groups in total. The van der Waals surface area contributed by atoms with E-state index in [0.29, 0.717) is 72.7 Å². The quantitative estimate of drug-likeness (QED) is 0.145. The predicted octanol–water partition coefficient (Wildman–Crippen LogP) is 3.23. The molecular weight excluding hydrogens is 647 g/mol. The van der Waals surface area contributed by atoms with Crippen LogP contribution in [0.3, 0.4) is 0 Å². The summed E-state index contributed by atoms with van der Waals surface area (Å²) in [4.78, 5) is 37.1. The molecule has 13 nitrogen and oxygen atoms in total. The maximum absolute atomic E-state index is 12.9. The Labute approximate surface area is 279 Å². The highest BCUT2D eigenvalue weighted by Gasteiger charge is 2.20. The lowest BCUT2D eigenvalue weighted by Gasteiger charge is -2.19. The maximum Gasteiger partial charge on any atom is 0.323 e. The molecule has 15 heteroatoms.